The maximum Gasteiger partial charge on any atom is 0.295 e. The van der Waals surface area contributed by atoms with Crippen LogP contribution in [-0.4, -0.2) is 49.1 Å². The van der Waals surface area contributed by atoms with Gasteiger partial charge in [0, 0.05) is 20.3 Å². The van der Waals surface area contributed by atoms with E-state index in [1.165, 1.54) is 12.0 Å². The van der Waals surface area contributed by atoms with Gasteiger partial charge in [0.05, 0.1) is 24.3 Å². The maximum absolute atomic E-state index is 13.0. The normalized spacial score (nSPS) is 18.1. The third-order valence-electron chi connectivity index (χ3n) is 5.57. The number of rotatable bonds is 8. The minimum Gasteiger partial charge on any atom is -0.507 e. The largest absolute Gasteiger partial charge is 0.507 e. The van der Waals surface area contributed by atoms with Crippen molar-refractivity contribution in [1.29, 1.82) is 0 Å². The van der Waals surface area contributed by atoms with E-state index in [9.17, 15) is 14.7 Å². The Hall–Kier alpha value is -3.12. The van der Waals surface area contributed by atoms with Crippen molar-refractivity contribution in [2.45, 2.75) is 32.2 Å². The monoisotopic (exact) mass is 423 g/mol. The van der Waals surface area contributed by atoms with Crippen molar-refractivity contribution in [2.24, 2.45) is 0 Å². The lowest BCUT2D eigenvalue weighted by atomic mass is 9.93. The minimum atomic E-state index is -0.696. The number of benzene rings is 2. The van der Waals surface area contributed by atoms with Crippen molar-refractivity contribution in [3.05, 3.63) is 70.8 Å². The molecule has 1 atom stereocenters. The van der Waals surface area contributed by atoms with Gasteiger partial charge in [-0.3, -0.25) is 9.59 Å². The highest BCUT2D eigenvalue weighted by molar-refractivity contribution is 6.46. The molecule has 0 bridgehead atoms. The summed E-state index contributed by atoms with van der Waals surface area (Å²) in [6.45, 7) is 5.02. The number of hydrogen-bond donors (Lipinski definition) is 1. The van der Waals surface area contributed by atoms with Crippen molar-refractivity contribution >= 4 is 17.4 Å². The molecule has 3 rings (SSSR count). The molecular formula is C25H29NO5. The highest BCUT2D eigenvalue weighted by Gasteiger charge is 2.46. The highest BCUT2D eigenvalue weighted by atomic mass is 16.5. The Balaban J connectivity index is 2.14. The second kappa shape index (κ2) is 9.79. The number of methoxy groups -OCH3 is 2. The minimum absolute atomic E-state index is 0.0733. The van der Waals surface area contributed by atoms with E-state index in [2.05, 4.69) is 13.8 Å². The second-order valence-electron chi connectivity index (χ2n) is 7.86. The topological polar surface area (TPSA) is 76.1 Å². The summed E-state index contributed by atoms with van der Waals surface area (Å²) < 4.78 is 10.5. The molecule has 0 aliphatic carbocycles. The molecule has 1 heterocycles. The number of aliphatic hydroxyl groups is 1. The second-order valence-corrected chi connectivity index (χ2v) is 7.86. The molecule has 31 heavy (non-hydrogen) atoms. The number of para-hydroxylation sites is 1. The van der Waals surface area contributed by atoms with Gasteiger partial charge in [-0.05, 0) is 35.6 Å². The van der Waals surface area contributed by atoms with Gasteiger partial charge >= 0.3 is 0 Å². The smallest absolute Gasteiger partial charge is 0.295 e. The Morgan fingerprint density at radius 3 is 2.35 bits per heavy atom. The Bertz CT molecular complexity index is 978. The fourth-order valence-corrected chi connectivity index (χ4v) is 3.88. The lowest BCUT2D eigenvalue weighted by molar-refractivity contribution is -0.140. The van der Waals surface area contributed by atoms with Crippen molar-refractivity contribution < 1.29 is 24.2 Å². The molecule has 6 heteroatoms. The molecule has 1 aliphatic heterocycles. The van der Waals surface area contributed by atoms with E-state index in [0.717, 1.165) is 11.1 Å². The number of nitrogens with zero attached hydrogens (tertiary/aromatic N) is 1. The maximum atomic E-state index is 13.0. The molecule has 1 unspecified atom stereocenters. The number of hydrogen-bond acceptors (Lipinski definition) is 5. The molecule has 0 aromatic heterocycles. The number of ketones is 1. The van der Waals surface area contributed by atoms with E-state index in [4.69, 9.17) is 9.47 Å². The van der Waals surface area contributed by atoms with Gasteiger partial charge in [-0.15, -0.1) is 0 Å². The van der Waals surface area contributed by atoms with E-state index in [1.54, 1.807) is 31.4 Å². The van der Waals surface area contributed by atoms with Gasteiger partial charge in [0.2, 0.25) is 0 Å². The number of carbonyl (C=O) groups is 2. The summed E-state index contributed by atoms with van der Waals surface area (Å²) in [5.74, 6) is -0.762. The Morgan fingerprint density at radius 1 is 1.06 bits per heavy atom. The summed E-state index contributed by atoms with van der Waals surface area (Å²) in [5, 5.41) is 11.2. The fourth-order valence-electron chi connectivity index (χ4n) is 3.88. The molecule has 1 aliphatic rings. The van der Waals surface area contributed by atoms with E-state index < -0.39 is 17.7 Å². The number of Topliss-reactive ketones (excluding diaryl/α,β-unsaturated/α-hetero) is 1. The van der Waals surface area contributed by atoms with Crippen LogP contribution in [0.25, 0.3) is 5.76 Å². The molecule has 2 aromatic rings. The SMILES string of the molecule is COCCCN1C(=O)C(=O)/C(=C(\O)c2ccccc2OC)C1c1ccc(C(C)C)cc1. The zero-order valence-electron chi connectivity index (χ0n) is 18.4. The number of likely N-dealkylation sites (tertiary alicyclic amines) is 1. The van der Waals surface area contributed by atoms with Crippen molar-refractivity contribution in [2.75, 3.05) is 27.4 Å². The molecule has 6 nitrogen and oxygen atoms in total. The molecule has 1 fully saturated rings. The van der Waals surface area contributed by atoms with E-state index in [0.29, 0.717) is 36.8 Å². The first-order chi connectivity index (χ1) is 14.9. The van der Waals surface area contributed by atoms with Gasteiger partial charge in [-0.2, -0.15) is 0 Å². The van der Waals surface area contributed by atoms with Crippen LogP contribution in [0, 0.1) is 0 Å². The third kappa shape index (κ3) is 4.49. The fraction of sp³-hybridized carbons (Fsp3) is 0.360. The van der Waals surface area contributed by atoms with Gasteiger partial charge in [0.1, 0.15) is 11.5 Å². The van der Waals surface area contributed by atoms with E-state index >= 15 is 0 Å². The lowest BCUT2D eigenvalue weighted by Crippen LogP contribution is -2.31. The number of amides is 1. The van der Waals surface area contributed by atoms with E-state index in [-0.39, 0.29) is 11.3 Å². The average molecular weight is 424 g/mol. The summed E-state index contributed by atoms with van der Waals surface area (Å²) in [6.07, 6.45) is 0.582. The Morgan fingerprint density at radius 2 is 1.74 bits per heavy atom. The summed E-state index contributed by atoms with van der Waals surface area (Å²) in [5.41, 5.74) is 2.38. The van der Waals surface area contributed by atoms with Crippen LogP contribution in [0.1, 0.15) is 48.9 Å². The number of carbonyl (C=O) groups excluding carboxylic acids is 2. The van der Waals surface area contributed by atoms with Crippen LogP contribution in [0.15, 0.2) is 54.1 Å². The highest BCUT2D eigenvalue weighted by Crippen LogP contribution is 2.41. The van der Waals surface area contributed by atoms with Gasteiger partial charge < -0.3 is 19.5 Å². The van der Waals surface area contributed by atoms with Crippen LogP contribution < -0.4 is 4.74 Å². The summed E-state index contributed by atoms with van der Waals surface area (Å²) >= 11 is 0. The first kappa shape index (κ1) is 22.6. The molecule has 1 amide bonds. The molecule has 0 spiro atoms. The van der Waals surface area contributed by atoms with Crippen LogP contribution in [0.4, 0.5) is 0 Å². The molecule has 2 aromatic carbocycles. The average Bonchev–Trinajstić information content (AvgIpc) is 3.03. The van der Waals surface area contributed by atoms with Gasteiger partial charge in [0.25, 0.3) is 11.7 Å². The van der Waals surface area contributed by atoms with Crippen LogP contribution in [0.3, 0.4) is 0 Å². The Kier molecular flexibility index (Phi) is 7.13. The predicted octanol–water partition coefficient (Wildman–Crippen LogP) is 4.28. The predicted molar refractivity (Wildman–Crippen MR) is 119 cm³/mol. The molecule has 0 saturated carbocycles. The summed E-state index contributed by atoms with van der Waals surface area (Å²) in [4.78, 5) is 27.5. The van der Waals surface area contributed by atoms with E-state index in [1.807, 2.05) is 24.3 Å². The van der Waals surface area contributed by atoms with Gasteiger partial charge in [-0.25, -0.2) is 0 Å². The number of ether oxygens (including phenoxy) is 2. The van der Waals surface area contributed by atoms with Gasteiger partial charge in [0.15, 0.2) is 0 Å². The first-order valence-electron chi connectivity index (χ1n) is 10.4. The van der Waals surface area contributed by atoms with Crippen LogP contribution >= 0.6 is 0 Å². The van der Waals surface area contributed by atoms with Gasteiger partial charge in [-0.1, -0.05) is 50.2 Å². The summed E-state index contributed by atoms with van der Waals surface area (Å²) in [6, 6.07) is 14.1. The quantitative estimate of drug-likeness (QED) is 0.297. The third-order valence-corrected chi connectivity index (χ3v) is 5.57. The molecule has 164 valence electrons. The Labute approximate surface area is 183 Å². The molecular weight excluding hydrogens is 394 g/mol. The van der Waals surface area contributed by atoms with Crippen LogP contribution in [-0.2, 0) is 14.3 Å². The van der Waals surface area contributed by atoms with Crippen molar-refractivity contribution in [3.63, 3.8) is 0 Å². The van der Waals surface area contributed by atoms with Crippen LogP contribution in [0.5, 0.6) is 5.75 Å². The zero-order chi connectivity index (χ0) is 22.5. The standard InChI is InChI=1S/C25H29NO5/c1-16(2)17-10-12-18(13-11-17)22-21(23(27)19-8-5-6-9-20(19)31-4)24(28)25(29)26(22)14-7-15-30-3/h5-6,8-13,16,22,27H,7,14-15H2,1-4H3/b23-21-. The van der Waals surface area contributed by atoms with Crippen molar-refractivity contribution in [1.82, 2.24) is 4.90 Å². The molecule has 1 saturated heterocycles. The number of aliphatic hydroxyl groups excluding tert-OH is 1. The summed E-state index contributed by atoms with van der Waals surface area (Å²) in [7, 11) is 3.09. The molecule has 0 radical (unpaired) electrons. The first-order valence-corrected chi connectivity index (χ1v) is 10.4. The zero-order valence-corrected chi connectivity index (χ0v) is 18.4. The van der Waals surface area contributed by atoms with Crippen molar-refractivity contribution in [3.8, 4) is 5.75 Å². The van der Waals surface area contributed by atoms with Crippen LogP contribution in [0.2, 0.25) is 0 Å². The molecule has 1 N–H and O–H groups in total. The lowest BCUT2D eigenvalue weighted by Gasteiger charge is -2.25.